The second kappa shape index (κ2) is 5.30. The highest BCUT2D eigenvalue weighted by molar-refractivity contribution is 5.30. The van der Waals surface area contributed by atoms with Crippen LogP contribution in [0.3, 0.4) is 0 Å². The standard InChI is InChI=1S/C13H17FO2/c1-2-10-3-4-12(14)13(9-10)16-11-5-7-15-8-6-11/h3-4,9,11H,2,5-8H2,1H3. The molecule has 0 radical (unpaired) electrons. The first kappa shape index (κ1) is 11.4. The van der Waals surface area contributed by atoms with Gasteiger partial charge in [0.1, 0.15) is 6.10 Å². The van der Waals surface area contributed by atoms with E-state index in [4.69, 9.17) is 9.47 Å². The fourth-order valence-electron chi connectivity index (χ4n) is 1.83. The van der Waals surface area contributed by atoms with Gasteiger partial charge in [-0.2, -0.15) is 0 Å². The minimum Gasteiger partial charge on any atom is -0.487 e. The molecule has 0 spiro atoms. The summed E-state index contributed by atoms with van der Waals surface area (Å²) in [6, 6.07) is 5.07. The van der Waals surface area contributed by atoms with Crippen LogP contribution in [0.15, 0.2) is 18.2 Å². The molecule has 0 aromatic heterocycles. The van der Waals surface area contributed by atoms with Gasteiger partial charge < -0.3 is 9.47 Å². The van der Waals surface area contributed by atoms with Crippen molar-refractivity contribution in [1.29, 1.82) is 0 Å². The van der Waals surface area contributed by atoms with E-state index in [0.717, 1.165) is 24.8 Å². The fourth-order valence-corrected chi connectivity index (χ4v) is 1.83. The zero-order valence-corrected chi connectivity index (χ0v) is 9.54. The number of ether oxygens (including phenoxy) is 2. The molecule has 1 aliphatic heterocycles. The van der Waals surface area contributed by atoms with Crippen molar-refractivity contribution in [2.75, 3.05) is 13.2 Å². The van der Waals surface area contributed by atoms with Crippen LogP contribution in [0.1, 0.15) is 25.3 Å². The lowest BCUT2D eigenvalue weighted by Gasteiger charge is -2.23. The zero-order chi connectivity index (χ0) is 11.4. The highest BCUT2D eigenvalue weighted by Gasteiger charge is 2.17. The first-order valence-electron chi connectivity index (χ1n) is 5.82. The Kier molecular flexibility index (Phi) is 3.78. The molecule has 2 rings (SSSR count). The Morgan fingerprint density at radius 1 is 1.38 bits per heavy atom. The molecule has 3 heteroatoms. The summed E-state index contributed by atoms with van der Waals surface area (Å²) in [6.45, 7) is 3.46. The quantitative estimate of drug-likeness (QED) is 0.786. The number of benzene rings is 1. The normalized spacial score (nSPS) is 17.4. The average molecular weight is 224 g/mol. The molecule has 0 unspecified atom stereocenters. The third-order valence-corrected chi connectivity index (χ3v) is 2.87. The van der Waals surface area contributed by atoms with Crippen molar-refractivity contribution in [2.45, 2.75) is 32.3 Å². The van der Waals surface area contributed by atoms with Gasteiger partial charge in [0.25, 0.3) is 0 Å². The van der Waals surface area contributed by atoms with Crippen molar-refractivity contribution >= 4 is 0 Å². The monoisotopic (exact) mass is 224 g/mol. The second-order valence-corrected chi connectivity index (χ2v) is 4.05. The van der Waals surface area contributed by atoms with Gasteiger partial charge >= 0.3 is 0 Å². The summed E-state index contributed by atoms with van der Waals surface area (Å²) in [5, 5.41) is 0. The molecular weight excluding hydrogens is 207 g/mol. The van der Waals surface area contributed by atoms with Gasteiger partial charge in [0.2, 0.25) is 0 Å². The molecule has 0 amide bonds. The van der Waals surface area contributed by atoms with Gasteiger partial charge in [0.15, 0.2) is 11.6 Å². The molecule has 0 bridgehead atoms. The predicted octanol–water partition coefficient (Wildman–Crippen LogP) is 2.95. The fraction of sp³-hybridized carbons (Fsp3) is 0.538. The van der Waals surface area contributed by atoms with E-state index in [1.807, 2.05) is 6.92 Å². The molecule has 0 atom stereocenters. The van der Waals surface area contributed by atoms with E-state index in [1.54, 1.807) is 12.1 Å². The van der Waals surface area contributed by atoms with E-state index in [1.165, 1.54) is 6.07 Å². The third kappa shape index (κ3) is 2.73. The van der Waals surface area contributed by atoms with Crippen molar-refractivity contribution in [3.8, 4) is 5.75 Å². The molecule has 1 aromatic carbocycles. The molecule has 1 heterocycles. The van der Waals surface area contributed by atoms with Gasteiger partial charge in [-0.3, -0.25) is 0 Å². The lowest BCUT2D eigenvalue weighted by molar-refractivity contribution is 0.0240. The van der Waals surface area contributed by atoms with E-state index in [2.05, 4.69) is 0 Å². The molecule has 16 heavy (non-hydrogen) atoms. The highest BCUT2D eigenvalue weighted by atomic mass is 19.1. The van der Waals surface area contributed by atoms with Crippen LogP contribution in [0.4, 0.5) is 4.39 Å². The summed E-state index contributed by atoms with van der Waals surface area (Å²) in [6.07, 6.45) is 2.67. The van der Waals surface area contributed by atoms with Crippen molar-refractivity contribution in [3.05, 3.63) is 29.6 Å². The minimum atomic E-state index is -0.274. The molecular formula is C13H17FO2. The summed E-state index contributed by atoms with van der Waals surface area (Å²) in [5.74, 6) is 0.106. The van der Waals surface area contributed by atoms with Gasteiger partial charge in [0.05, 0.1) is 13.2 Å². The number of halogens is 1. The summed E-state index contributed by atoms with van der Waals surface area (Å²) >= 11 is 0. The van der Waals surface area contributed by atoms with Crippen LogP contribution in [0, 0.1) is 5.82 Å². The molecule has 88 valence electrons. The Balaban J connectivity index is 2.06. The highest BCUT2D eigenvalue weighted by Crippen LogP contribution is 2.23. The lowest BCUT2D eigenvalue weighted by Crippen LogP contribution is -2.26. The van der Waals surface area contributed by atoms with Crippen molar-refractivity contribution < 1.29 is 13.9 Å². The van der Waals surface area contributed by atoms with Gasteiger partial charge in [0, 0.05) is 12.8 Å². The summed E-state index contributed by atoms with van der Waals surface area (Å²) < 4.78 is 24.4. The Morgan fingerprint density at radius 3 is 2.81 bits per heavy atom. The number of rotatable bonds is 3. The Labute approximate surface area is 95.4 Å². The van der Waals surface area contributed by atoms with E-state index in [9.17, 15) is 4.39 Å². The van der Waals surface area contributed by atoms with Crippen LogP contribution in [-0.4, -0.2) is 19.3 Å². The maximum atomic E-state index is 13.5. The second-order valence-electron chi connectivity index (χ2n) is 4.05. The van der Waals surface area contributed by atoms with E-state index in [0.29, 0.717) is 19.0 Å². The predicted molar refractivity (Wildman–Crippen MR) is 60.2 cm³/mol. The van der Waals surface area contributed by atoms with Gasteiger partial charge in [-0.25, -0.2) is 4.39 Å². The van der Waals surface area contributed by atoms with Gasteiger partial charge in [-0.05, 0) is 24.1 Å². The number of hydrogen-bond donors (Lipinski definition) is 0. The molecule has 0 aliphatic carbocycles. The Morgan fingerprint density at radius 2 is 2.12 bits per heavy atom. The SMILES string of the molecule is CCc1ccc(F)c(OC2CCOCC2)c1. The van der Waals surface area contributed by atoms with Gasteiger partial charge in [-0.15, -0.1) is 0 Å². The molecule has 1 fully saturated rings. The van der Waals surface area contributed by atoms with Crippen LogP contribution < -0.4 is 4.74 Å². The third-order valence-electron chi connectivity index (χ3n) is 2.87. The zero-order valence-electron chi connectivity index (χ0n) is 9.54. The van der Waals surface area contributed by atoms with Crippen LogP contribution in [0.2, 0.25) is 0 Å². The summed E-state index contributed by atoms with van der Waals surface area (Å²) in [5.41, 5.74) is 1.10. The van der Waals surface area contributed by atoms with Crippen LogP contribution >= 0.6 is 0 Å². The largest absolute Gasteiger partial charge is 0.487 e. The molecule has 0 N–H and O–H groups in total. The Bertz CT molecular complexity index is 346. The van der Waals surface area contributed by atoms with Crippen molar-refractivity contribution in [3.63, 3.8) is 0 Å². The van der Waals surface area contributed by atoms with E-state index < -0.39 is 0 Å². The minimum absolute atomic E-state index is 0.0929. The van der Waals surface area contributed by atoms with Crippen LogP contribution in [0.5, 0.6) is 5.75 Å². The molecule has 1 aromatic rings. The number of hydrogen-bond acceptors (Lipinski definition) is 2. The number of aryl methyl sites for hydroxylation is 1. The smallest absolute Gasteiger partial charge is 0.165 e. The molecule has 2 nitrogen and oxygen atoms in total. The summed E-state index contributed by atoms with van der Waals surface area (Å²) in [4.78, 5) is 0. The van der Waals surface area contributed by atoms with Crippen molar-refractivity contribution in [2.24, 2.45) is 0 Å². The average Bonchev–Trinajstić information content (AvgIpc) is 2.33. The van der Waals surface area contributed by atoms with Crippen LogP contribution in [-0.2, 0) is 11.2 Å². The van der Waals surface area contributed by atoms with E-state index >= 15 is 0 Å². The topological polar surface area (TPSA) is 18.5 Å². The van der Waals surface area contributed by atoms with Crippen LogP contribution in [0.25, 0.3) is 0 Å². The molecule has 1 saturated heterocycles. The molecule has 1 aliphatic rings. The van der Waals surface area contributed by atoms with E-state index in [-0.39, 0.29) is 11.9 Å². The van der Waals surface area contributed by atoms with Crippen molar-refractivity contribution in [1.82, 2.24) is 0 Å². The first-order valence-corrected chi connectivity index (χ1v) is 5.82. The van der Waals surface area contributed by atoms with Gasteiger partial charge in [-0.1, -0.05) is 13.0 Å². The Hall–Kier alpha value is -1.09. The molecule has 0 saturated carbocycles. The summed E-state index contributed by atoms with van der Waals surface area (Å²) in [7, 11) is 0. The maximum Gasteiger partial charge on any atom is 0.165 e. The first-order chi connectivity index (χ1) is 7.79. The maximum absolute atomic E-state index is 13.5. The lowest BCUT2D eigenvalue weighted by atomic mass is 10.1.